The van der Waals surface area contributed by atoms with Crippen LogP contribution in [0.3, 0.4) is 0 Å². The van der Waals surface area contributed by atoms with Crippen molar-refractivity contribution in [3.05, 3.63) is 94.5 Å². The summed E-state index contributed by atoms with van der Waals surface area (Å²) in [5, 5.41) is 2.23. The van der Waals surface area contributed by atoms with Crippen LogP contribution >= 0.6 is 15.9 Å². The Labute approximate surface area is 183 Å². The average molecular weight is 461 g/mol. The van der Waals surface area contributed by atoms with Crippen molar-refractivity contribution in [2.24, 2.45) is 0 Å². The van der Waals surface area contributed by atoms with E-state index in [2.05, 4.69) is 55.1 Å². The Bertz CT molecular complexity index is 1210. The van der Waals surface area contributed by atoms with Gasteiger partial charge in [-0.25, -0.2) is 4.98 Å². The van der Waals surface area contributed by atoms with Crippen molar-refractivity contribution in [1.29, 1.82) is 0 Å². The molecule has 6 heteroatoms. The summed E-state index contributed by atoms with van der Waals surface area (Å²) >= 11 is 3.59. The molecule has 1 aliphatic rings. The standard InChI is InChI=1S/C24H21BrN4O/c25-21-7-8-23-20(12-21)14-29(10-9-28(23)15-22-13-26-16-27-22)24(30)19-6-5-17-3-1-2-4-18(17)11-19/h1-8,11-13,16H,9-10,14-15H2,(H,26,27). The lowest BCUT2D eigenvalue weighted by molar-refractivity contribution is 0.0751. The summed E-state index contributed by atoms with van der Waals surface area (Å²) in [5.41, 5.74) is 3.99. The maximum atomic E-state index is 13.4. The number of benzene rings is 3. The second-order valence-corrected chi connectivity index (χ2v) is 8.46. The Morgan fingerprint density at radius 1 is 1.03 bits per heavy atom. The first-order valence-corrected chi connectivity index (χ1v) is 10.8. The van der Waals surface area contributed by atoms with E-state index >= 15 is 0 Å². The van der Waals surface area contributed by atoms with Crippen molar-refractivity contribution in [2.75, 3.05) is 18.0 Å². The van der Waals surface area contributed by atoms with Crippen molar-refractivity contribution in [1.82, 2.24) is 14.9 Å². The maximum Gasteiger partial charge on any atom is 0.254 e. The van der Waals surface area contributed by atoms with Crippen LogP contribution in [0.2, 0.25) is 0 Å². The Kier molecular flexibility index (Phi) is 5.01. The quantitative estimate of drug-likeness (QED) is 0.468. The van der Waals surface area contributed by atoms with Crippen molar-refractivity contribution >= 4 is 38.3 Å². The fourth-order valence-electron chi connectivity index (χ4n) is 4.05. The molecule has 0 aliphatic carbocycles. The van der Waals surface area contributed by atoms with Gasteiger partial charge in [-0.2, -0.15) is 0 Å². The molecule has 5 nitrogen and oxygen atoms in total. The zero-order valence-electron chi connectivity index (χ0n) is 16.4. The van der Waals surface area contributed by atoms with Gasteiger partial charge in [-0.15, -0.1) is 0 Å². The molecule has 150 valence electrons. The molecule has 4 aromatic rings. The van der Waals surface area contributed by atoms with Crippen LogP contribution in [0.1, 0.15) is 21.6 Å². The highest BCUT2D eigenvalue weighted by atomic mass is 79.9. The molecule has 1 N–H and O–H groups in total. The summed E-state index contributed by atoms with van der Waals surface area (Å²) in [6, 6.07) is 20.4. The lowest BCUT2D eigenvalue weighted by atomic mass is 10.1. The fraction of sp³-hybridized carbons (Fsp3) is 0.167. The van der Waals surface area contributed by atoms with Crippen LogP contribution in [0.15, 0.2) is 77.7 Å². The number of imidazole rings is 1. The van der Waals surface area contributed by atoms with Gasteiger partial charge in [0.2, 0.25) is 0 Å². The Balaban J connectivity index is 1.46. The molecule has 0 fully saturated rings. The molecule has 0 radical (unpaired) electrons. The Hall–Kier alpha value is -3.12. The number of hydrogen-bond acceptors (Lipinski definition) is 3. The van der Waals surface area contributed by atoms with E-state index in [-0.39, 0.29) is 5.91 Å². The van der Waals surface area contributed by atoms with Crippen molar-refractivity contribution in [3.63, 3.8) is 0 Å². The van der Waals surface area contributed by atoms with Gasteiger partial charge < -0.3 is 14.8 Å². The molecule has 30 heavy (non-hydrogen) atoms. The molecule has 1 amide bonds. The second-order valence-electron chi connectivity index (χ2n) is 7.54. The van der Waals surface area contributed by atoms with Crippen LogP contribution in [-0.2, 0) is 13.1 Å². The average Bonchev–Trinajstić information content (AvgIpc) is 3.21. The van der Waals surface area contributed by atoms with E-state index in [1.807, 2.05) is 47.5 Å². The topological polar surface area (TPSA) is 52.2 Å². The molecular weight excluding hydrogens is 440 g/mol. The number of carbonyl (C=O) groups excluding carboxylic acids is 1. The minimum atomic E-state index is 0.0632. The van der Waals surface area contributed by atoms with E-state index in [0.29, 0.717) is 19.6 Å². The predicted molar refractivity (Wildman–Crippen MR) is 122 cm³/mol. The highest BCUT2D eigenvalue weighted by Crippen LogP contribution is 2.30. The second kappa shape index (κ2) is 7.95. The Morgan fingerprint density at radius 3 is 2.73 bits per heavy atom. The molecule has 1 aromatic heterocycles. The third kappa shape index (κ3) is 3.71. The first-order chi connectivity index (χ1) is 14.7. The zero-order valence-corrected chi connectivity index (χ0v) is 18.0. The highest BCUT2D eigenvalue weighted by molar-refractivity contribution is 9.10. The molecule has 1 aliphatic heterocycles. The van der Waals surface area contributed by atoms with Gasteiger partial charge in [0.1, 0.15) is 0 Å². The van der Waals surface area contributed by atoms with E-state index in [0.717, 1.165) is 44.3 Å². The van der Waals surface area contributed by atoms with E-state index in [4.69, 9.17) is 0 Å². The number of hydrogen-bond donors (Lipinski definition) is 1. The summed E-state index contributed by atoms with van der Waals surface area (Å²) in [6.07, 6.45) is 3.62. The number of anilines is 1. The van der Waals surface area contributed by atoms with Gasteiger partial charge in [0.25, 0.3) is 5.91 Å². The molecule has 0 unspecified atom stereocenters. The first kappa shape index (κ1) is 18.9. The summed E-state index contributed by atoms with van der Waals surface area (Å²) in [6.45, 7) is 2.69. The van der Waals surface area contributed by atoms with E-state index in [1.54, 1.807) is 6.33 Å². The molecule has 0 saturated heterocycles. The number of nitrogens with zero attached hydrogens (tertiary/aromatic N) is 3. The van der Waals surface area contributed by atoms with Gasteiger partial charge in [-0.3, -0.25) is 4.79 Å². The molecular formula is C24H21BrN4O. The summed E-state index contributed by atoms with van der Waals surface area (Å²) in [7, 11) is 0. The number of fused-ring (bicyclic) bond motifs is 2. The lowest BCUT2D eigenvalue weighted by Gasteiger charge is -2.24. The van der Waals surface area contributed by atoms with Crippen molar-refractivity contribution in [2.45, 2.75) is 13.1 Å². The SMILES string of the molecule is O=C(c1ccc2ccccc2c1)N1CCN(Cc2c[nH]cn2)c2ccc(Br)cc2C1. The smallest absolute Gasteiger partial charge is 0.254 e. The van der Waals surface area contributed by atoms with Crippen molar-refractivity contribution < 1.29 is 4.79 Å². The van der Waals surface area contributed by atoms with Crippen LogP contribution in [-0.4, -0.2) is 33.9 Å². The van der Waals surface area contributed by atoms with Crippen LogP contribution in [0.4, 0.5) is 5.69 Å². The summed E-state index contributed by atoms with van der Waals surface area (Å²) in [4.78, 5) is 25.0. The van der Waals surface area contributed by atoms with Gasteiger partial charge in [0, 0.05) is 41.6 Å². The number of rotatable bonds is 3. The van der Waals surface area contributed by atoms with Crippen LogP contribution < -0.4 is 4.90 Å². The number of H-pyrrole nitrogens is 1. The van der Waals surface area contributed by atoms with Gasteiger partial charge in [-0.1, -0.05) is 46.3 Å². The highest BCUT2D eigenvalue weighted by Gasteiger charge is 2.24. The molecule has 0 atom stereocenters. The number of aromatic amines is 1. The van der Waals surface area contributed by atoms with Crippen LogP contribution in [0.25, 0.3) is 10.8 Å². The number of aromatic nitrogens is 2. The van der Waals surface area contributed by atoms with Gasteiger partial charge in [0.05, 0.1) is 18.6 Å². The maximum absolute atomic E-state index is 13.4. The summed E-state index contributed by atoms with van der Waals surface area (Å²) < 4.78 is 1.01. The van der Waals surface area contributed by atoms with E-state index in [9.17, 15) is 4.79 Å². The largest absolute Gasteiger partial charge is 0.364 e. The molecule has 3 aromatic carbocycles. The molecule has 0 bridgehead atoms. The number of amides is 1. The molecule has 2 heterocycles. The molecule has 0 spiro atoms. The fourth-order valence-corrected chi connectivity index (χ4v) is 4.46. The van der Waals surface area contributed by atoms with Crippen LogP contribution in [0, 0.1) is 0 Å². The predicted octanol–water partition coefficient (Wildman–Crippen LogP) is 4.99. The van der Waals surface area contributed by atoms with Gasteiger partial charge in [-0.05, 0) is 46.7 Å². The van der Waals surface area contributed by atoms with Gasteiger partial charge >= 0.3 is 0 Å². The van der Waals surface area contributed by atoms with E-state index < -0.39 is 0 Å². The monoisotopic (exact) mass is 460 g/mol. The third-order valence-corrected chi connectivity index (χ3v) is 6.07. The van der Waals surface area contributed by atoms with Crippen molar-refractivity contribution in [3.8, 4) is 0 Å². The number of nitrogens with one attached hydrogen (secondary N) is 1. The van der Waals surface area contributed by atoms with E-state index in [1.165, 1.54) is 0 Å². The first-order valence-electron chi connectivity index (χ1n) is 9.96. The van der Waals surface area contributed by atoms with Crippen LogP contribution in [0.5, 0.6) is 0 Å². The molecule has 0 saturated carbocycles. The Morgan fingerprint density at radius 2 is 1.90 bits per heavy atom. The molecule has 5 rings (SSSR count). The minimum Gasteiger partial charge on any atom is -0.364 e. The van der Waals surface area contributed by atoms with Gasteiger partial charge in [0.15, 0.2) is 0 Å². The lowest BCUT2D eigenvalue weighted by Crippen LogP contribution is -2.35. The number of halogens is 1. The summed E-state index contributed by atoms with van der Waals surface area (Å²) in [5.74, 6) is 0.0632. The minimum absolute atomic E-state index is 0.0632. The zero-order chi connectivity index (χ0) is 20.5. The normalized spacial score (nSPS) is 13.9. The third-order valence-electron chi connectivity index (χ3n) is 5.57. The number of carbonyl (C=O) groups is 1.